The summed E-state index contributed by atoms with van der Waals surface area (Å²) in [6.45, 7) is 19.9. The average molecular weight is 1440 g/mol. The summed E-state index contributed by atoms with van der Waals surface area (Å²) in [4.78, 5) is 0.695. The summed E-state index contributed by atoms with van der Waals surface area (Å²) in [5, 5.41) is 7.45. The molecule has 0 amide bonds. The predicted molar refractivity (Wildman–Crippen MR) is 368 cm³/mol. The van der Waals surface area contributed by atoms with Crippen LogP contribution in [-0.2, 0) is 54.7 Å². The van der Waals surface area contributed by atoms with Crippen molar-refractivity contribution >= 4 is 39.4 Å². The van der Waals surface area contributed by atoms with E-state index in [1.54, 1.807) is 0 Å². The van der Waals surface area contributed by atoms with Crippen LogP contribution in [0.5, 0.6) is 0 Å². The molecule has 2 N–H and O–H groups in total. The van der Waals surface area contributed by atoms with Crippen molar-refractivity contribution in [2.45, 2.75) is 178 Å². The van der Waals surface area contributed by atoms with Crippen LogP contribution >= 0.6 is 19.4 Å². The summed E-state index contributed by atoms with van der Waals surface area (Å²) in [6.07, 6.45) is 24.3. The summed E-state index contributed by atoms with van der Waals surface area (Å²) in [5.41, 5.74) is 12.2. The zero-order chi connectivity index (χ0) is 62.7. The van der Waals surface area contributed by atoms with E-state index in [4.69, 9.17) is 4.72 Å². The molecule has 0 heterocycles. The average Bonchev–Trinajstić information content (AvgIpc) is 3.42. The van der Waals surface area contributed by atoms with E-state index >= 15 is 0 Å². The zero-order valence-corrected chi connectivity index (χ0v) is 60.3. The number of sulfonamides is 2. The van der Waals surface area contributed by atoms with E-state index in [9.17, 15) is 16.8 Å². The van der Waals surface area contributed by atoms with Crippen LogP contribution in [0.4, 0.5) is 0 Å². The molecule has 0 saturated carbocycles. The quantitative estimate of drug-likeness (QED) is 0.0301. The van der Waals surface area contributed by atoms with E-state index in [1.807, 2.05) is 165 Å². The second kappa shape index (κ2) is 40.6. The number of nitrogens with one attached hydrogen (secondary N) is 2. The molecule has 2 aliphatic carbocycles. The van der Waals surface area contributed by atoms with Gasteiger partial charge in [0, 0.05) is 12.1 Å². The number of hydrogen-bond donors (Lipinski definition) is 2. The van der Waals surface area contributed by atoms with E-state index in [0.717, 1.165) is 127 Å². The Bertz CT molecular complexity index is 3290. The van der Waals surface area contributed by atoms with Crippen LogP contribution in [0.1, 0.15) is 203 Å². The molecule has 0 bridgehead atoms. The van der Waals surface area contributed by atoms with Gasteiger partial charge in [0.2, 0.25) is 0 Å². The number of halogens is 2. The van der Waals surface area contributed by atoms with Gasteiger partial charge >= 0.3 is 54.0 Å². The Morgan fingerprint density at radius 2 is 0.795 bits per heavy atom. The Balaban J connectivity index is 0.000000430. The summed E-state index contributed by atoms with van der Waals surface area (Å²) in [6, 6.07) is 46.1. The fraction of sp³-hybridized carbons (Fsp3) is 0.378. The fourth-order valence-electron chi connectivity index (χ4n) is 11.4. The molecule has 0 spiro atoms. The molecule has 0 aliphatic heterocycles. The fourth-order valence-corrected chi connectivity index (χ4v) is 14.8. The van der Waals surface area contributed by atoms with Crippen molar-refractivity contribution < 1.29 is 51.5 Å². The first-order chi connectivity index (χ1) is 41.4. The molecule has 0 fully saturated rings. The maximum absolute atomic E-state index is 14.6. The monoisotopic (exact) mass is 1440 g/mol. The van der Waals surface area contributed by atoms with Gasteiger partial charge in [-0.1, -0.05) is 264 Å². The topological polar surface area (TPSA) is 121 Å². The van der Waals surface area contributed by atoms with Crippen LogP contribution in [0.2, 0.25) is 0 Å². The minimum atomic E-state index is -4.03. The molecule has 6 aromatic rings. The van der Waals surface area contributed by atoms with E-state index in [0.29, 0.717) is 15.7 Å². The van der Waals surface area contributed by atoms with Gasteiger partial charge in [-0.3, -0.25) is 0 Å². The second-order valence-corrected chi connectivity index (χ2v) is 26.4. The third kappa shape index (κ3) is 23.8. The molecule has 0 aromatic heterocycles. The Morgan fingerprint density at radius 1 is 0.455 bits per heavy atom. The minimum absolute atomic E-state index is 0. The second-order valence-electron chi connectivity index (χ2n) is 23.3. The molecule has 476 valence electrons. The van der Waals surface area contributed by atoms with E-state index in [-0.39, 0.29) is 38.8 Å². The Morgan fingerprint density at radius 3 is 1.11 bits per heavy atom. The Hall–Kier alpha value is -4.15. The summed E-state index contributed by atoms with van der Waals surface area (Å²) < 4.78 is 66.5. The van der Waals surface area contributed by atoms with Gasteiger partial charge < -0.3 is 34.9 Å². The van der Waals surface area contributed by atoms with Gasteiger partial charge in [0.1, 0.15) is 20.0 Å². The van der Waals surface area contributed by atoms with E-state index in [2.05, 4.69) is 149 Å². The molecule has 4 unspecified atom stereocenters. The first-order valence-corrected chi connectivity index (χ1v) is 37.6. The van der Waals surface area contributed by atoms with Crippen LogP contribution in [0.3, 0.4) is 0 Å². The van der Waals surface area contributed by atoms with Gasteiger partial charge in [-0.05, 0) is 155 Å². The van der Waals surface area contributed by atoms with Crippen molar-refractivity contribution in [2.75, 3.05) is 13.1 Å². The summed E-state index contributed by atoms with van der Waals surface area (Å²) in [5.74, 6) is 0.381. The third-order valence-electron chi connectivity index (χ3n) is 15.7. The van der Waals surface area contributed by atoms with Crippen LogP contribution in [0.25, 0.3) is 9.44 Å². The van der Waals surface area contributed by atoms with Gasteiger partial charge in [0.25, 0.3) is 0 Å². The Kier molecular flexibility index (Phi) is 36.1. The molecular formula is C74H96Cl2N4O4Ru2S2+2. The van der Waals surface area contributed by atoms with E-state index < -0.39 is 32.1 Å². The number of unbranched alkanes of at least 4 members (excludes halogenated alkanes) is 2. The standard InChI is InChI=1S/C39H51N2O2S.C33H39N2O2S.2CH3.2ClH.2Ru/c1-28(2)34-26-35(29(3)4)39(36(27-34)30(5)6)44(42,43)41-38(33-23-14-9-15-24-33)37(32-21-12-8-13-22-32)40-25-17-16-20-31-18-10-7-11-19-31;1-25-23-26(2)33(27(3)24-25)38(36,37)35-32(30-20-11-6-12-21-30)31(29-18-9-5-10-19-29)34-22-14-13-17-28-15-7-4-8-16-28;;;;;;/h7-10,12-15,18,21-24,26-30,37-38,40H,11,16-17,19-20,25H2,1-6H3;4-7,9-12,15,18-21,23-24,31-32,34H,8,13-14,16-17,22H2,1-3H3;2*1H3;2*1H;;/q4*-1;;;2*+4/p-2. The van der Waals surface area contributed by atoms with Crippen molar-refractivity contribution in [3.05, 3.63) is 273 Å². The molecule has 6 aromatic carbocycles. The number of nitrogens with zero attached hydrogens (tertiary/aromatic N) is 2. The number of benzene rings is 6. The van der Waals surface area contributed by atoms with Crippen LogP contribution in [-0.4, -0.2) is 29.9 Å². The first kappa shape index (κ1) is 78.1. The molecule has 14 heteroatoms. The molecule has 0 radical (unpaired) electrons. The first-order valence-electron chi connectivity index (χ1n) is 30.3. The van der Waals surface area contributed by atoms with Crippen LogP contribution in [0.15, 0.2) is 203 Å². The molecule has 2 aliphatic rings. The van der Waals surface area contributed by atoms with Crippen LogP contribution < -0.4 is 10.6 Å². The molecule has 4 atom stereocenters. The van der Waals surface area contributed by atoms with E-state index in [1.165, 1.54) is 16.7 Å². The summed E-state index contributed by atoms with van der Waals surface area (Å²) in [7, 11) is 1.19. The van der Waals surface area contributed by atoms with Gasteiger partial charge in [-0.25, -0.2) is 16.8 Å². The van der Waals surface area contributed by atoms with Gasteiger partial charge in [0.05, 0.1) is 9.79 Å². The van der Waals surface area contributed by atoms with Crippen molar-refractivity contribution in [3.8, 4) is 0 Å². The SMILES string of the molecule is CC(C)c1cc(C(C)C)c(S(=O)(=O)[N-]C(c2ccccc2)C(NCCCCC2=CC=CCC2)c2ccccc2)c(C(C)C)c1.Cc1cc(C)c(S(=O)(=O)[N-]C(c2ccccc2)C(NCCCCC2=CC=CCC2)c2ccccc2)c(C)c1.[CH3-].[CH3-].[Cl][Ru+3].[Cl][Ru+3]. The van der Waals surface area contributed by atoms with Gasteiger partial charge in [-0.15, -0.1) is 0 Å². The van der Waals surface area contributed by atoms with Crippen LogP contribution in [0, 0.1) is 35.6 Å². The number of aryl methyl sites for hydroxylation is 3. The number of hydrogen-bond acceptors (Lipinski definition) is 6. The van der Waals surface area contributed by atoms with Crippen molar-refractivity contribution in [2.24, 2.45) is 0 Å². The number of allylic oxidation sites excluding steroid dienone is 8. The molecule has 8 rings (SSSR count). The van der Waals surface area contributed by atoms with Gasteiger partial charge in [0.15, 0.2) is 0 Å². The predicted octanol–water partition coefficient (Wildman–Crippen LogP) is 21.1. The van der Waals surface area contributed by atoms with Crippen molar-refractivity contribution in [3.63, 3.8) is 0 Å². The van der Waals surface area contributed by atoms with Crippen molar-refractivity contribution in [1.29, 1.82) is 0 Å². The zero-order valence-electron chi connectivity index (χ0n) is 53.7. The molecule has 88 heavy (non-hydrogen) atoms. The number of rotatable bonds is 27. The van der Waals surface area contributed by atoms with Gasteiger partial charge in [-0.2, -0.15) is 0 Å². The van der Waals surface area contributed by atoms with Crippen molar-refractivity contribution in [1.82, 2.24) is 10.6 Å². The third-order valence-corrected chi connectivity index (χ3v) is 18.9. The Labute approximate surface area is 561 Å². The molecule has 0 saturated heterocycles. The normalized spacial score (nSPS) is 14.2. The molecular weight excluding hydrogens is 1350 g/mol. The summed E-state index contributed by atoms with van der Waals surface area (Å²) >= 11 is 3.64. The molecule has 8 nitrogen and oxygen atoms in total. The maximum atomic E-state index is 14.6.